The number of hydrogen-bond acceptors (Lipinski definition) is 3. The zero-order valence-electron chi connectivity index (χ0n) is 8.15. The van der Waals surface area contributed by atoms with Gasteiger partial charge in [0.15, 0.2) is 6.29 Å². The molecule has 1 aromatic heterocycles. The zero-order valence-corrected chi connectivity index (χ0v) is 8.15. The van der Waals surface area contributed by atoms with Crippen molar-refractivity contribution in [2.45, 2.75) is 26.3 Å². The Morgan fingerprint density at radius 3 is 2.85 bits per heavy atom. The van der Waals surface area contributed by atoms with Gasteiger partial charge in [0.1, 0.15) is 0 Å². The van der Waals surface area contributed by atoms with Crippen LogP contribution in [0.15, 0.2) is 6.20 Å². The Bertz CT molecular complexity index is 294. The van der Waals surface area contributed by atoms with E-state index in [9.17, 15) is 4.79 Å². The van der Waals surface area contributed by atoms with Crippen LogP contribution in [0.1, 0.15) is 36.7 Å². The van der Waals surface area contributed by atoms with Crippen LogP contribution in [0.2, 0.25) is 0 Å². The number of aldehydes is 1. The molecule has 72 valence electrons. The minimum Gasteiger partial charge on any atom is -0.479 e. The van der Waals surface area contributed by atoms with Crippen molar-refractivity contribution in [2.24, 2.45) is 0 Å². The number of carbonyl (C=O) groups excluding carboxylic acids is 1. The zero-order chi connectivity index (χ0) is 9.84. The van der Waals surface area contributed by atoms with Gasteiger partial charge in [0.25, 0.3) is 0 Å². The lowest BCUT2D eigenvalue weighted by Gasteiger charge is -2.07. The molecule has 0 aliphatic rings. The predicted octanol–water partition coefficient (Wildman–Crippen LogP) is 1.68. The third-order valence-corrected chi connectivity index (χ3v) is 2.09. The second-order valence-corrected chi connectivity index (χ2v) is 2.95. The molecule has 0 amide bonds. The number of methoxy groups -OCH3 is 1. The van der Waals surface area contributed by atoms with E-state index in [1.807, 2.05) is 6.92 Å². The van der Waals surface area contributed by atoms with Gasteiger partial charge in [-0.15, -0.1) is 5.10 Å². The van der Waals surface area contributed by atoms with Gasteiger partial charge >= 0.3 is 0 Å². The quantitative estimate of drug-likeness (QED) is 0.665. The molecule has 1 atom stereocenters. The van der Waals surface area contributed by atoms with Gasteiger partial charge in [-0.2, -0.15) is 0 Å². The van der Waals surface area contributed by atoms with E-state index >= 15 is 0 Å². The summed E-state index contributed by atoms with van der Waals surface area (Å²) >= 11 is 0. The highest BCUT2D eigenvalue weighted by Crippen LogP contribution is 2.17. The van der Waals surface area contributed by atoms with Gasteiger partial charge in [-0.3, -0.25) is 9.48 Å². The first-order valence-corrected chi connectivity index (χ1v) is 4.31. The van der Waals surface area contributed by atoms with Gasteiger partial charge in [-0.05, 0) is 13.3 Å². The van der Waals surface area contributed by atoms with Gasteiger partial charge in [-0.25, -0.2) is 0 Å². The van der Waals surface area contributed by atoms with Gasteiger partial charge in [-0.1, -0.05) is 6.92 Å². The van der Waals surface area contributed by atoms with Crippen LogP contribution in [0.4, 0.5) is 0 Å². The normalized spacial score (nSPS) is 12.5. The highest BCUT2D eigenvalue weighted by atomic mass is 16.5. The fraction of sp³-hybridized carbons (Fsp3) is 0.556. The SMILES string of the molecule is CCC(C)n1cc(C=O)c(OC)n1. The summed E-state index contributed by atoms with van der Waals surface area (Å²) in [5.41, 5.74) is 0.503. The maximum absolute atomic E-state index is 10.6. The molecule has 0 aromatic carbocycles. The molecule has 0 aliphatic carbocycles. The number of rotatable bonds is 4. The molecule has 4 nitrogen and oxygen atoms in total. The number of aromatic nitrogens is 2. The molecule has 0 spiro atoms. The summed E-state index contributed by atoms with van der Waals surface area (Å²) in [4.78, 5) is 10.6. The summed E-state index contributed by atoms with van der Waals surface area (Å²) in [6.45, 7) is 4.11. The summed E-state index contributed by atoms with van der Waals surface area (Å²) in [5.74, 6) is 0.398. The topological polar surface area (TPSA) is 44.1 Å². The van der Waals surface area contributed by atoms with E-state index in [1.54, 1.807) is 10.9 Å². The third-order valence-electron chi connectivity index (χ3n) is 2.09. The molecule has 0 saturated carbocycles. The fourth-order valence-electron chi connectivity index (χ4n) is 1.04. The van der Waals surface area contributed by atoms with Crippen LogP contribution >= 0.6 is 0 Å². The molecule has 4 heteroatoms. The van der Waals surface area contributed by atoms with Crippen molar-refractivity contribution in [3.05, 3.63) is 11.8 Å². The molecule has 0 N–H and O–H groups in total. The van der Waals surface area contributed by atoms with Gasteiger partial charge in [0.2, 0.25) is 5.88 Å². The number of ether oxygens (including phenoxy) is 1. The molecule has 13 heavy (non-hydrogen) atoms. The van der Waals surface area contributed by atoms with Crippen LogP contribution in [-0.4, -0.2) is 23.2 Å². The Kier molecular flexibility index (Phi) is 3.06. The van der Waals surface area contributed by atoms with Crippen molar-refractivity contribution in [1.29, 1.82) is 0 Å². The third kappa shape index (κ3) is 1.88. The van der Waals surface area contributed by atoms with E-state index in [1.165, 1.54) is 7.11 Å². The van der Waals surface area contributed by atoms with Crippen molar-refractivity contribution in [3.8, 4) is 5.88 Å². The van der Waals surface area contributed by atoms with E-state index in [4.69, 9.17) is 4.74 Å². The van der Waals surface area contributed by atoms with Crippen LogP contribution in [0.3, 0.4) is 0 Å². The standard InChI is InChI=1S/C9H14N2O2/c1-4-7(2)11-5-8(6-12)9(10-11)13-3/h5-7H,4H2,1-3H3. The molecular formula is C9H14N2O2. The smallest absolute Gasteiger partial charge is 0.243 e. The van der Waals surface area contributed by atoms with E-state index < -0.39 is 0 Å². The first-order valence-electron chi connectivity index (χ1n) is 4.31. The van der Waals surface area contributed by atoms with Crippen molar-refractivity contribution in [1.82, 2.24) is 9.78 Å². The second-order valence-electron chi connectivity index (χ2n) is 2.95. The molecule has 0 bridgehead atoms. The molecule has 1 aromatic rings. The molecule has 1 unspecified atom stereocenters. The molecule has 0 aliphatic heterocycles. The van der Waals surface area contributed by atoms with Crippen molar-refractivity contribution >= 4 is 6.29 Å². The number of hydrogen-bond donors (Lipinski definition) is 0. The second kappa shape index (κ2) is 4.07. The minimum absolute atomic E-state index is 0.294. The molecular weight excluding hydrogens is 168 g/mol. The number of nitrogens with zero attached hydrogens (tertiary/aromatic N) is 2. The van der Waals surface area contributed by atoms with Crippen LogP contribution < -0.4 is 4.74 Å². The van der Waals surface area contributed by atoms with Gasteiger partial charge < -0.3 is 4.74 Å². The first-order chi connectivity index (χ1) is 6.22. The maximum Gasteiger partial charge on any atom is 0.243 e. The van der Waals surface area contributed by atoms with Crippen molar-refractivity contribution in [3.63, 3.8) is 0 Å². The monoisotopic (exact) mass is 182 g/mol. The molecule has 0 saturated heterocycles. The average molecular weight is 182 g/mol. The fourth-order valence-corrected chi connectivity index (χ4v) is 1.04. The van der Waals surface area contributed by atoms with E-state index in [0.29, 0.717) is 17.5 Å². The minimum atomic E-state index is 0.294. The molecule has 1 heterocycles. The van der Waals surface area contributed by atoms with Crippen LogP contribution in [0, 0.1) is 0 Å². The highest BCUT2D eigenvalue weighted by molar-refractivity contribution is 5.77. The first kappa shape index (κ1) is 9.77. The predicted molar refractivity (Wildman–Crippen MR) is 49.2 cm³/mol. The Labute approximate surface area is 77.5 Å². The molecule has 1 rings (SSSR count). The summed E-state index contributed by atoms with van der Waals surface area (Å²) in [7, 11) is 1.51. The summed E-state index contributed by atoms with van der Waals surface area (Å²) in [6.07, 6.45) is 3.44. The Balaban J connectivity index is 2.98. The van der Waals surface area contributed by atoms with E-state index in [0.717, 1.165) is 12.7 Å². The summed E-state index contributed by atoms with van der Waals surface area (Å²) in [6, 6.07) is 0.294. The lowest BCUT2D eigenvalue weighted by atomic mass is 10.3. The Morgan fingerprint density at radius 1 is 1.77 bits per heavy atom. The highest BCUT2D eigenvalue weighted by Gasteiger charge is 2.10. The maximum atomic E-state index is 10.6. The van der Waals surface area contributed by atoms with Crippen molar-refractivity contribution < 1.29 is 9.53 Å². The lowest BCUT2D eigenvalue weighted by molar-refractivity contribution is 0.112. The van der Waals surface area contributed by atoms with Crippen LogP contribution in [-0.2, 0) is 0 Å². The Hall–Kier alpha value is -1.32. The van der Waals surface area contributed by atoms with E-state index in [-0.39, 0.29) is 0 Å². The average Bonchev–Trinajstić information content (AvgIpc) is 2.59. The van der Waals surface area contributed by atoms with Gasteiger partial charge in [0.05, 0.1) is 12.7 Å². The Morgan fingerprint density at radius 2 is 2.46 bits per heavy atom. The van der Waals surface area contributed by atoms with Crippen LogP contribution in [0.25, 0.3) is 0 Å². The molecule has 0 fully saturated rings. The lowest BCUT2D eigenvalue weighted by Crippen LogP contribution is -2.04. The molecule has 0 radical (unpaired) electrons. The van der Waals surface area contributed by atoms with Gasteiger partial charge in [0, 0.05) is 12.2 Å². The van der Waals surface area contributed by atoms with Crippen LogP contribution in [0.5, 0.6) is 5.88 Å². The number of carbonyl (C=O) groups is 1. The van der Waals surface area contributed by atoms with Crippen molar-refractivity contribution in [2.75, 3.05) is 7.11 Å². The van der Waals surface area contributed by atoms with E-state index in [2.05, 4.69) is 12.0 Å². The summed E-state index contributed by atoms with van der Waals surface area (Å²) in [5, 5.41) is 4.13. The largest absolute Gasteiger partial charge is 0.479 e. The summed E-state index contributed by atoms with van der Waals surface area (Å²) < 4.78 is 6.70.